The van der Waals surface area contributed by atoms with Crippen molar-refractivity contribution in [2.45, 2.75) is 26.8 Å². The molecule has 1 N–H and O–H groups in total. The van der Waals surface area contributed by atoms with Crippen LogP contribution in [0, 0.1) is 13.8 Å². The fraction of sp³-hybridized carbons (Fsp3) is 0.333. The minimum Gasteiger partial charge on any atom is -0.496 e. The molecule has 0 fully saturated rings. The van der Waals surface area contributed by atoms with Gasteiger partial charge in [0, 0.05) is 10.0 Å². The van der Waals surface area contributed by atoms with E-state index in [0.717, 1.165) is 22.3 Å². The lowest BCUT2D eigenvalue weighted by atomic mass is 9.95. The molecule has 0 aliphatic rings. The van der Waals surface area contributed by atoms with Crippen LogP contribution in [0.25, 0.3) is 0 Å². The summed E-state index contributed by atoms with van der Waals surface area (Å²) in [6.07, 6.45) is 0. The van der Waals surface area contributed by atoms with Crippen molar-refractivity contribution in [1.29, 1.82) is 0 Å². The molecule has 1 unspecified atom stereocenters. The minimum atomic E-state index is 0.127. The quantitative estimate of drug-likeness (QED) is 0.840. The number of ether oxygens (including phenoxy) is 1. The fourth-order valence-corrected chi connectivity index (χ4v) is 2.90. The van der Waals surface area contributed by atoms with Gasteiger partial charge in [-0.1, -0.05) is 52.7 Å². The van der Waals surface area contributed by atoms with Crippen LogP contribution in [-0.4, -0.2) is 13.7 Å². The van der Waals surface area contributed by atoms with Gasteiger partial charge in [-0.25, -0.2) is 0 Å². The lowest BCUT2D eigenvalue weighted by Gasteiger charge is -2.22. The SMILES string of the molecule is CCNC(c1cccc(C)c1)c1cc(Br)c(C)cc1OC. The summed E-state index contributed by atoms with van der Waals surface area (Å²) < 4.78 is 6.70. The Bertz CT molecular complexity index is 625. The van der Waals surface area contributed by atoms with Crippen LogP contribution in [0.3, 0.4) is 0 Å². The Morgan fingerprint density at radius 1 is 1.19 bits per heavy atom. The second kappa shape index (κ2) is 7.10. The highest BCUT2D eigenvalue weighted by molar-refractivity contribution is 9.10. The lowest BCUT2D eigenvalue weighted by molar-refractivity contribution is 0.404. The van der Waals surface area contributed by atoms with Crippen molar-refractivity contribution in [2.24, 2.45) is 0 Å². The molecule has 0 aliphatic carbocycles. The molecule has 2 aromatic rings. The molecular formula is C18H22BrNO. The summed E-state index contributed by atoms with van der Waals surface area (Å²) in [7, 11) is 1.73. The van der Waals surface area contributed by atoms with E-state index in [1.807, 2.05) is 0 Å². The van der Waals surface area contributed by atoms with Gasteiger partial charge in [-0.3, -0.25) is 0 Å². The molecule has 21 heavy (non-hydrogen) atoms. The van der Waals surface area contributed by atoms with Crippen molar-refractivity contribution in [2.75, 3.05) is 13.7 Å². The summed E-state index contributed by atoms with van der Waals surface area (Å²) >= 11 is 3.63. The first kappa shape index (κ1) is 16.1. The molecule has 0 heterocycles. The van der Waals surface area contributed by atoms with E-state index in [0.29, 0.717) is 0 Å². The van der Waals surface area contributed by atoms with Gasteiger partial charge in [0.05, 0.1) is 13.2 Å². The maximum atomic E-state index is 5.60. The molecule has 3 heteroatoms. The molecule has 0 radical (unpaired) electrons. The predicted octanol–water partition coefficient (Wildman–Crippen LogP) is 4.77. The third-order valence-electron chi connectivity index (χ3n) is 3.61. The molecule has 0 spiro atoms. The van der Waals surface area contributed by atoms with E-state index < -0.39 is 0 Å². The van der Waals surface area contributed by atoms with Crippen LogP contribution in [0.5, 0.6) is 5.75 Å². The molecule has 0 amide bonds. The van der Waals surface area contributed by atoms with Crippen molar-refractivity contribution < 1.29 is 4.74 Å². The molecule has 2 nitrogen and oxygen atoms in total. The largest absolute Gasteiger partial charge is 0.496 e. The number of halogens is 1. The molecule has 2 aromatic carbocycles. The van der Waals surface area contributed by atoms with E-state index >= 15 is 0 Å². The van der Waals surface area contributed by atoms with Crippen LogP contribution >= 0.6 is 15.9 Å². The minimum absolute atomic E-state index is 0.127. The van der Waals surface area contributed by atoms with E-state index in [9.17, 15) is 0 Å². The first-order valence-corrected chi connectivity index (χ1v) is 8.00. The zero-order valence-electron chi connectivity index (χ0n) is 13.0. The van der Waals surface area contributed by atoms with E-state index in [-0.39, 0.29) is 6.04 Å². The van der Waals surface area contributed by atoms with Gasteiger partial charge >= 0.3 is 0 Å². The van der Waals surface area contributed by atoms with Crippen molar-refractivity contribution in [3.63, 3.8) is 0 Å². The zero-order chi connectivity index (χ0) is 15.4. The van der Waals surface area contributed by atoms with Gasteiger partial charge in [-0.15, -0.1) is 0 Å². The van der Waals surface area contributed by atoms with E-state index in [1.165, 1.54) is 16.7 Å². The van der Waals surface area contributed by atoms with Crippen LogP contribution in [0.15, 0.2) is 40.9 Å². The maximum absolute atomic E-state index is 5.60. The molecule has 0 aliphatic heterocycles. The van der Waals surface area contributed by atoms with Crippen molar-refractivity contribution in [3.8, 4) is 5.75 Å². The molecule has 0 aromatic heterocycles. The number of hydrogen-bond acceptors (Lipinski definition) is 2. The van der Waals surface area contributed by atoms with E-state index in [2.05, 4.69) is 78.4 Å². The average Bonchev–Trinajstić information content (AvgIpc) is 2.47. The number of methoxy groups -OCH3 is 1. The lowest BCUT2D eigenvalue weighted by Crippen LogP contribution is -2.22. The number of benzene rings is 2. The summed E-state index contributed by atoms with van der Waals surface area (Å²) in [6, 6.07) is 13.0. The fourth-order valence-electron chi connectivity index (χ4n) is 2.53. The summed E-state index contributed by atoms with van der Waals surface area (Å²) in [5.74, 6) is 0.920. The Labute approximate surface area is 135 Å². The summed E-state index contributed by atoms with van der Waals surface area (Å²) in [5, 5.41) is 3.56. The number of rotatable bonds is 5. The van der Waals surface area contributed by atoms with Gasteiger partial charge in [0.15, 0.2) is 0 Å². The van der Waals surface area contributed by atoms with Gasteiger partial charge in [0.1, 0.15) is 5.75 Å². The maximum Gasteiger partial charge on any atom is 0.124 e. The van der Waals surface area contributed by atoms with Gasteiger partial charge < -0.3 is 10.1 Å². The normalized spacial score (nSPS) is 12.2. The van der Waals surface area contributed by atoms with Crippen molar-refractivity contribution in [1.82, 2.24) is 5.32 Å². The first-order chi connectivity index (χ1) is 10.1. The molecular weight excluding hydrogens is 326 g/mol. The Morgan fingerprint density at radius 2 is 1.95 bits per heavy atom. The van der Waals surface area contributed by atoms with E-state index in [4.69, 9.17) is 4.74 Å². The number of aryl methyl sites for hydroxylation is 2. The molecule has 0 saturated heterocycles. The number of nitrogens with one attached hydrogen (secondary N) is 1. The zero-order valence-corrected chi connectivity index (χ0v) is 14.6. The Kier molecular flexibility index (Phi) is 5.43. The summed E-state index contributed by atoms with van der Waals surface area (Å²) in [6.45, 7) is 7.21. The van der Waals surface area contributed by atoms with Crippen molar-refractivity contribution >= 4 is 15.9 Å². The highest BCUT2D eigenvalue weighted by Crippen LogP contribution is 2.34. The Hall–Kier alpha value is -1.32. The van der Waals surface area contributed by atoms with Gasteiger partial charge in [0.25, 0.3) is 0 Å². The van der Waals surface area contributed by atoms with Crippen LogP contribution in [0.2, 0.25) is 0 Å². The predicted molar refractivity (Wildman–Crippen MR) is 92.1 cm³/mol. The molecule has 1 atom stereocenters. The standard InChI is InChI=1S/C18H22BrNO/c1-5-20-18(14-8-6-7-12(2)9-14)15-11-16(19)13(3)10-17(15)21-4/h6-11,18,20H,5H2,1-4H3. The van der Waals surface area contributed by atoms with E-state index in [1.54, 1.807) is 7.11 Å². The highest BCUT2D eigenvalue weighted by Gasteiger charge is 2.19. The van der Waals surface area contributed by atoms with Gasteiger partial charge in [-0.05, 0) is 43.7 Å². The first-order valence-electron chi connectivity index (χ1n) is 7.20. The third-order valence-corrected chi connectivity index (χ3v) is 4.46. The molecule has 0 saturated carbocycles. The number of hydrogen-bond donors (Lipinski definition) is 1. The molecule has 2 rings (SSSR count). The van der Waals surface area contributed by atoms with Crippen LogP contribution in [0.4, 0.5) is 0 Å². The summed E-state index contributed by atoms with van der Waals surface area (Å²) in [4.78, 5) is 0. The topological polar surface area (TPSA) is 21.3 Å². The summed E-state index contributed by atoms with van der Waals surface area (Å²) in [5.41, 5.74) is 4.85. The average molecular weight is 348 g/mol. The second-order valence-corrected chi connectivity index (χ2v) is 6.10. The third kappa shape index (κ3) is 3.66. The van der Waals surface area contributed by atoms with Gasteiger partial charge in [0.2, 0.25) is 0 Å². The van der Waals surface area contributed by atoms with Crippen LogP contribution < -0.4 is 10.1 Å². The van der Waals surface area contributed by atoms with Crippen LogP contribution in [0.1, 0.15) is 35.2 Å². The van der Waals surface area contributed by atoms with Crippen molar-refractivity contribution in [3.05, 3.63) is 63.1 Å². The smallest absolute Gasteiger partial charge is 0.124 e. The Balaban J connectivity index is 2.55. The Morgan fingerprint density at radius 3 is 2.57 bits per heavy atom. The second-order valence-electron chi connectivity index (χ2n) is 5.25. The highest BCUT2D eigenvalue weighted by atomic mass is 79.9. The molecule has 112 valence electrons. The monoisotopic (exact) mass is 347 g/mol. The van der Waals surface area contributed by atoms with Gasteiger partial charge in [-0.2, -0.15) is 0 Å². The molecule has 0 bridgehead atoms. The van der Waals surface area contributed by atoms with Crippen LogP contribution in [-0.2, 0) is 0 Å².